The fourth-order valence-electron chi connectivity index (χ4n) is 4.31. The van der Waals surface area contributed by atoms with Crippen LogP contribution >= 0.6 is 11.6 Å². The van der Waals surface area contributed by atoms with Crippen molar-refractivity contribution in [1.29, 1.82) is 0 Å². The molecule has 150 valence electrons. The first-order valence-corrected chi connectivity index (χ1v) is 10.4. The highest BCUT2D eigenvalue weighted by atomic mass is 35.5. The van der Waals surface area contributed by atoms with Gasteiger partial charge in [-0.1, -0.05) is 48.0 Å². The Kier molecular flexibility index (Phi) is 4.09. The molecule has 0 saturated carbocycles. The normalized spacial score (nSPS) is 21.4. The molecule has 0 aromatic heterocycles. The summed E-state index contributed by atoms with van der Waals surface area (Å²) < 4.78 is 17.8. The fraction of sp³-hybridized carbons (Fsp3) is 0.208. The van der Waals surface area contributed by atoms with Crippen LogP contribution in [-0.4, -0.2) is 23.9 Å². The summed E-state index contributed by atoms with van der Waals surface area (Å²) in [5.74, 6) is 2.43. The third-order valence-corrected chi connectivity index (χ3v) is 6.09. The molecule has 3 aliphatic heterocycles. The van der Waals surface area contributed by atoms with Crippen molar-refractivity contribution in [2.45, 2.75) is 18.7 Å². The monoisotopic (exact) mass is 418 g/mol. The van der Waals surface area contributed by atoms with Crippen molar-refractivity contribution < 1.29 is 14.2 Å². The lowest BCUT2D eigenvalue weighted by Crippen LogP contribution is -2.33. The van der Waals surface area contributed by atoms with Gasteiger partial charge in [-0.2, -0.15) is 5.10 Å². The van der Waals surface area contributed by atoms with Crippen LogP contribution in [0.15, 0.2) is 71.8 Å². The summed E-state index contributed by atoms with van der Waals surface area (Å²) in [6, 6.07) is 22.0. The molecule has 0 bridgehead atoms. The smallest absolute Gasteiger partial charge is 0.215 e. The van der Waals surface area contributed by atoms with Crippen LogP contribution in [0.1, 0.15) is 35.4 Å². The number of rotatable bonds is 2. The van der Waals surface area contributed by atoms with Gasteiger partial charge >= 0.3 is 0 Å². The van der Waals surface area contributed by atoms with E-state index in [2.05, 4.69) is 6.07 Å². The van der Waals surface area contributed by atoms with Gasteiger partial charge in [0.05, 0.1) is 11.8 Å². The number of para-hydroxylation sites is 1. The zero-order valence-electron chi connectivity index (χ0n) is 16.1. The van der Waals surface area contributed by atoms with Crippen molar-refractivity contribution >= 4 is 17.3 Å². The largest absolute Gasteiger partial charge is 0.486 e. The van der Waals surface area contributed by atoms with E-state index in [1.54, 1.807) is 0 Å². The average Bonchev–Trinajstić information content (AvgIpc) is 3.24. The number of halogens is 1. The van der Waals surface area contributed by atoms with Crippen LogP contribution in [0.25, 0.3) is 0 Å². The average molecular weight is 419 g/mol. The summed E-state index contributed by atoms with van der Waals surface area (Å²) in [6.45, 7) is 1.14. The summed E-state index contributed by atoms with van der Waals surface area (Å²) in [5, 5.41) is 7.70. The van der Waals surface area contributed by atoms with Crippen LogP contribution in [0.5, 0.6) is 17.2 Å². The molecule has 0 radical (unpaired) electrons. The quantitative estimate of drug-likeness (QED) is 0.562. The number of hydrogen-bond acceptors (Lipinski definition) is 5. The van der Waals surface area contributed by atoms with Gasteiger partial charge < -0.3 is 14.2 Å². The Labute approximate surface area is 179 Å². The fourth-order valence-corrected chi connectivity index (χ4v) is 4.54. The molecule has 0 amide bonds. The molecular weight excluding hydrogens is 400 g/mol. The number of hydrogen-bond donors (Lipinski definition) is 0. The molecule has 6 rings (SSSR count). The molecule has 30 heavy (non-hydrogen) atoms. The van der Waals surface area contributed by atoms with E-state index < -0.39 is 0 Å². The topological polar surface area (TPSA) is 43.3 Å². The van der Waals surface area contributed by atoms with E-state index in [1.807, 2.05) is 65.7 Å². The summed E-state index contributed by atoms with van der Waals surface area (Å²) in [5.41, 5.74) is 4.07. The molecule has 0 N–H and O–H groups in total. The van der Waals surface area contributed by atoms with E-state index in [9.17, 15) is 0 Å². The second-order valence-electron chi connectivity index (χ2n) is 7.53. The molecular formula is C24H19ClN2O3. The van der Waals surface area contributed by atoms with E-state index in [4.69, 9.17) is 30.9 Å². The molecule has 0 fully saturated rings. The highest BCUT2D eigenvalue weighted by Crippen LogP contribution is 2.48. The Bertz CT molecular complexity index is 1160. The zero-order chi connectivity index (χ0) is 20.1. The first kappa shape index (κ1) is 17.7. The molecule has 0 spiro atoms. The van der Waals surface area contributed by atoms with Gasteiger partial charge in [0, 0.05) is 28.1 Å². The van der Waals surface area contributed by atoms with Crippen LogP contribution in [0.3, 0.4) is 0 Å². The predicted molar refractivity (Wildman–Crippen MR) is 114 cm³/mol. The predicted octanol–water partition coefficient (Wildman–Crippen LogP) is 5.35. The first-order valence-electron chi connectivity index (χ1n) is 10.0. The number of nitrogens with zero attached hydrogens (tertiary/aromatic N) is 2. The molecule has 3 aromatic rings. The molecule has 5 nitrogen and oxygen atoms in total. The standard InChI is InChI=1S/C24H19ClN2O3/c25-18-7-3-1-5-16(18)24-27-20(17-6-2-4-8-21(17)30-24)14-19(26-27)15-9-10-22-23(13-15)29-12-11-28-22/h1-10,13,20,24H,11-12,14H2/t20-,24+/m0/s1. The highest BCUT2D eigenvalue weighted by Gasteiger charge is 2.41. The molecule has 3 aliphatic rings. The number of fused-ring (bicyclic) bond motifs is 4. The lowest BCUT2D eigenvalue weighted by Gasteiger charge is -2.38. The second kappa shape index (κ2) is 6.96. The van der Waals surface area contributed by atoms with Crippen molar-refractivity contribution in [3.63, 3.8) is 0 Å². The molecule has 0 unspecified atom stereocenters. The van der Waals surface area contributed by atoms with Gasteiger partial charge in [0.1, 0.15) is 19.0 Å². The maximum Gasteiger partial charge on any atom is 0.215 e. The van der Waals surface area contributed by atoms with Gasteiger partial charge in [0.25, 0.3) is 0 Å². The minimum absolute atomic E-state index is 0.0828. The van der Waals surface area contributed by atoms with Crippen LogP contribution in [0, 0.1) is 0 Å². The molecule has 0 saturated heterocycles. The van der Waals surface area contributed by atoms with Gasteiger partial charge in [0.15, 0.2) is 11.5 Å². The van der Waals surface area contributed by atoms with Gasteiger partial charge in [-0.25, -0.2) is 5.01 Å². The molecule has 3 aromatic carbocycles. The number of benzene rings is 3. The second-order valence-corrected chi connectivity index (χ2v) is 7.94. The number of hydrazone groups is 1. The maximum absolute atomic E-state index is 6.52. The third kappa shape index (κ3) is 2.81. The molecule has 3 heterocycles. The minimum Gasteiger partial charge on any atom is -0.486 e. The Morgan fingerprint density at radius 3 is 2.47 bits per heavy atom. The van der Waals surface area contributed by atoms with Gasteiger partial charge in [-0.05, 0) is 30.3 Å². The Balaban J connectivity index is 1.43. The third-order valence-electron chi connectivity index (χ3n) is 5.75. The SMILES string of the molecule is Clc1ccccc1[C@H]1Oc2ccccc2[C@@H]2CC(c3ccc4c(c3)OCCO4)=NN12. The van der Waals surface area contributed by atoms with Gasteiger partial charge in [0.2, 0.25) is 6.23 Å². The minimum atomic E-state index is -0.381. The summed E-state index contributed by atoms with van der Waals surface area (Å²) in [7, 11) is 0. The lowest BCUT2D eigenvalue weighted by molar-refractivity contribution is -0.0189. The summed E-state index contributed by atoms with van der Waals surface area (Å²) in [6.07, 6.45) is 0.398. The first-order chi connectivity index (χ1) is 14.8. The van der Waals surface area contributed by atoms with Crippen molar-refractivity contribution in [1.82, 2.24) is 5.01 Å². The highest BCUT2D eigenvalue weighted by molar-refractivity contribution is 6.31. The van der Waals surface area contributed by atoms with Gasteiger partial charge in [-0.15, -0.1) is 0 Å². The van der Waals surface area contributed by atoms with E-state index >= 15 is 0 Å². The van der Waals surface area contributed by atoms with Crippen molar-refractivity contribution in [2.24, 2.45) is 5.10 Å². The van der Waals surface area contributed by atoms with Crippen molar-refractivity contribution in [2.75, 3.05) is 13.2 Å². The zero-order valence-corrected chi connectivity index (χ0v) is 16.9. The van der Waals surface area contributed by atoms with Crippen LogP contribution in [0.2, 0.25) is 5.02 Å². The van der Waals surface area contributed by atoms with Crippen molar-refractivity contribution in [3.05, 3.63) is 88.4 Å². The van der Waals surface area contributed by atoms with E-state index in [0.717, 1.165) is 46.1 Å². The van der Waals surface area contributed by atoms with Crippen molar-refractivity contribution in [3.8, 4) is 17.2 Å². The van der Waals surface area contributed by atoms with E-state index in [1.165, 1.54) is 0 Å². The maximum atomic E-state index is 6.52. The Hall–Kier alpha value is -3.18. The van der Waals surface area contributed by atoms with E-state index in [0.29, 0.717) is 18.2 Å². The molecule has 6 heteroatoms. The van der Waals surface area contributed by atoms with Crippen LogP contribution in [-0.2, 0) is 0 Å². The summed E-state index contributed by atoms with van der Waals surface area (Å²) in [4.78, 5) is 0. The lowest BCUT2D eigenvalue weighted by atomic mass is 9.95. The van der Waals surface area contributed by atoms with Crippen LogP contribution < -0.4 is 14.2 Å². The Morgan fingerprint density at radius 1 is 0.833 bits per heavy atom. The summed E-state index contributed by atoms with van der Waals surface area (Å²) >= 11 is 6.52. The number of ether oxygens (including phenoxy) is 3. The van der Waals surface area contributed by atoms with E-state index in [-0.39, 0.29) is 12.3 Å². The van der Waals surface area contributed by atoms with Crippen LogP contribution in [0.4, 0.5) is 0 Å². The van der Waals surface area contributed by atoms with Gasteiger partial charge in [-0.3, -0.25) is 0 Å². The molecule has 0 aliphatic carbocycles. The molecule has 2 atom stereocenters. The Morgan fingerprint density at radius 2 is 1.60 bits per heavy atom.